The molecule has 0 aliphatic rings. The number of nitrogens with zero attached hydrogens (tertiary/aromatic N) is 4. The number of nitrogens with one attached hydrogen (secondary N) is 2. The summed E-state index contributed by atoms with van der Waals surface area (Å²) in [6, 6.07) is 6.57. The van der Waals surface area contributed by atoms with Crippen molar-refractivity contribution in [1.29, 1.82) is 0 Å². The fourth-order valence-electron chi connectivity index (χ4n) is 2.80. The van der Waals surface area contributed by atoms with Crippen molar-refractivity contribution in [2.24, 2.45) is 0 Å². The Balaban J connectivity index is 1.56. The third-order valence-corrected chi connectivity index (χ3v) is 4.29. The molecule has 2 N–H and O–H groups in total. The molecule has 33 heavy (non-hydrogen) atoms. The average Bonchev–Trinajstić information content (AvgIpc) is 3.16. The van der Waals surface area contributed by atoms with Gasteiger partial charge in [-0.1, -0.05) is 6.07 Å². The summed E-state index contributed by atoms with van der Waals surface area (Å²) in [5, 5.41) is 9.33. The molecule has 0 spiro atoms. The number of aromatic nitrogens is 4. The lowest BCUT2D eigenvalue weighted by Gasteiger charge is -2.09. The van der Waals surface area contributed by atoms with Crippen LogP contribution in [0.25, 0.3) is 5.65 Å². The molecule has 0 aliphatic carbocycles. The number of halogens is 3. The normalized spacial score (nSPS) is 11.6. The molecule has 0 fully saturated rings. The van der Waals surface area contributed by atoms with Gasteiger partial charge in [0.2, 0.25) is 11.8 Å². The van der Waals surface area contributed by atoms with Gasteiger partial charge in [0, 0.05) is 19.0 Å². The third-order valence-electron chi connectivity index (χ3n) is 4.29. The van der Waals surface area contributed by atoms with E-state index < -0.39 is 30.8 Å². The molecule has 0 aromatic carbocycles. The van der Waals surface area contributed by atoms with Crippen LogP contribution < -0.4 is 15.4 Å². The maximum Gasteiger partial charge on any atom is 0.389 e. The molecule has 0 saturated heterocycles. The standard InChI is InChI=1S/C21H23F3N6O3/c1-13(2)33-19-5-3-4-16(29-19)20(32)26-11-15-12-30-17(28-15)8-14(10-27-30)9-25-18(31)6-7-21(22,23)24/h3-5,8,10,12-13H,6-7,9,11H2,1-2H3,(H,25,31)(H,26,32). The Hall–Kier alpha value is -3.70. The van der Waals surface area contributed by atoms with Gasteiger partial charge in [-0.3, -0.25) is 9.59 Å². The predicted octanol–water partition coefficient (Wildman–Crippen LogP) is 2.80. The predicted molar refractivity (Wildman–Crippen MR) is 111 cm³/mol. The zero-order valence-electron chi connectivity index (χ0n) is 18.0. The molecule has 9 nitrogen and oxygen atoms in total. The number of carbonyl (C=O) groups is 2. The Labute approximate surface area is 187 Å². The minimum Gasteiger partial charge on any atom is -0.475 e. The van der Waals surface area contributed by atoms with Crippen LogP contribution in [0, 0.1) is 0 Å². The lowest BCUT2D eigenvalue weighted by atomic mass is 10.2. The Bertz CT molecular complexity index is 1130. The number of hydrogen-bond donors (Lipinski definition) is 2. The van der Waals surface area contributed by atoms with Gasteiger partial charge in [0.15, 0.2) is 5.65 Å². The summed E-state index contributed by atoms with van der Waals surface area (Å²) in [5.41, 5.74) is 1.79. The van der Waals surface area contributed by atoms with Gasteiger partial charge in [-0.15, -0.1) is 0 Å². The van der Waals surface area contributed by atoms with E-state index >= 15 is 0 Å². The summed E-state index contributed by atoms with van der Waals surface area (Å²) < 4.78 is 43.6. The number of hydrogen-bond acceptors (Lipinski definition) is 6. The summed E-state index contributed by atoms with van der Waals surface area (Å²) in [7, 11) is 0. The van der Waals surface area contributed by atoms with Gasteiger partial charge < -0.3 is 15.4 Å². The Morgan fingerprint density at radius 3 is 2.67 bits per heavy atom. The molecule has 176 valence electrons. The van der Waals surface area contributed by atoms with Crippen LogP contribution in [0.3, 0.4) is 0 Å². The zero-order valence-corrected chi connectivity index (χ0v) is 18.0. The van der Waals surface area contributed by atoms with Gasteiger partial charge in [0.1, 0.15) is 5.69 Å². The first-order valence-electron chi connectivity index (χ1n) is 10.2. The highest BCUT2D eigenvalue weighted by Crippen LogP contribution is 2.21. The van der Waals surface area contributed by atoms with Crippen LogP contribution in [0.1, 0.15) is 48.4 Å². The summed E-state index contributed by atoms with van der Waals surface area (Å²) in [6.45, 7) is 3.88. The number of alkyl halides is 3. The SMILES string of the molecule is CC(C)Oc1cccc(C(=O)NCc2cn3ncc(CNC(=O)CCC(F)(F)F)cc3n2)n1. The number of carbonyl (C=O) groups excluding carboxylic acids is 2. The molecule has 0 atom stereocenters. The minimum atomic E-state index is -4.37. The highest BCUT2D eigenvalue weighted by molar-refractivity contribution is 5.92. The van der Waals surface area contributed by atoms with Crippen molar-refractivity contribution < 1.29 is 27.5 Å². The molecule has 0 aliphatic heterocycles. The van der Waals surface area contributed by atoms with Crippen LogP contribution in [-0.4, -0.2) is 43.7 Å². The maximum absolute atomic E-state index is 12.4. The first-order valence-corrected chi connectivity index (χ1v) is 10.2. The molecule has 0 unspecified atom stereocenters. The molecular weight excluding hydrogens is 441 g/mol. The second kappa shape index (κ2) is 10.3. The molecule has 12 heteroatoms. The highest BCUT2D eigenvalue weighted by Gasteiger charge is 2.27. The second-order valence-electron chi connectivity index (χ2n) is 7.50. The summed E-state index contributed by atoms with van der Waals surface area (Å²) in [4.78, 5) is 32.5. The van der Waals surface area contributed by atoms with Crippen LogP contribution >= 0.6 is 0 Å². The van der Waals surface area contributed by atoms with Crippen molar-refractivity contribution in [3.63, 3.8) is 0 Å². The highest BCUT2D eigenvalue weighted by atomic mass is 19.4. The molecule has 3 rings (SSSR count). The van der Waals surface area contributed by atoms with E-state index in [2.05, 4.69) is 25.7 Å². The number of fused-ring (bicyclic) bond motifs is 1. The average molecular weight is 464 g/mol. The van der Waals surface area contributed by atoms with Crippen LogP contribution in [0.5, 0.6) is 5.88 Å². The number of pyridine rings is 1. The topological polar surface area (TPSA) is 111 Å². The first kappa shape index (κ1) is 24.0. The monoisotopic (exact) mass is 464 g/mol. The number of rotatable bonds is 9. The fraction of sp³-hybridized carbons (Fsp3) is 0.381. The minimum absolute atomic E-state index is 0.0274. The van der Waals surface area contributed by atoms with E-state index in [0.717, 1.165) is 0 Å². The van der Waals surface area contributed by atoms with E-state index in [4.69, 9.17) is 4.74 Å². The third kappa shape index (κ3) is 7.44. The van der Waals surface area contributed by atoms with Crippen LogP contribution in [-0.2, 0) is 17.9 Å². The molecule has 3 aromatic rings. The van der Waals surface area contributed by atoms with E-state index in [0.29, 0.717) is 22.8 Å². The zero-order chi connectivity index (χ0) is 24.0. The van der Waals surface area contributed by atoms with Crippen molar-refractivity contribution in [3.05, 3.63) is 53.6 Å². The quantitative estimate of drug-likeness (QED) is 0.504. The van der Waals surface area contributed by atoms with Crippen molar-refractivity contribution in [2.45, 2.75) is 52.1 Å². The van der Waals surface area contributed by atoms with E-state index in [1.165, 1.54) is 10.7 Å². The lowest BCUT2D eigenvalue weighted by molar-refractivity contribution is -0.144. The van der Waals surface area contributed by atoms with Gasteiger partial charge in [-0.2, -0.15) is 18.3 Å². The van der Waals surface area contributed by atoms with E-state index in [1.807, 2.05) is 13.8 Å². The molecule has 0 radical (unpaired) electrons. The number of amides is 2. The van der Waals surface area contributed by atoms with Gasteiger partial charge in [-0.05, 0) is 31.5 Å². The Kier molecular flexibility index (Phi) is 7.46. The number of ether oxygens (including phenoxy) is 1. The van der Waals surface area contributed by atoms with Gasteiger partial charge in [-0.25, -0.2) is 14.5 Å². The van der Waals surface area contributed by atoms with E-state index in [9.17, 15) is 22.8 Å². The second-order valence-corrected chi connectivity index (χ2v) is 7.50. The molecule has 3 heterocycles. The number of imidazole rings is 1. The Morgan fingerprint density at radius 1 is 1.15 bits per heavy atom. The van der Waals surface area contributed by atoms with Crippen molar-refractivity contribution in [1.82, 2.24) is 30.2 Å². The van der Waals surface area contributed by atoms with Crippen molar-refractivity contribution in [2.75, 3.05) is 0 Å². The summed E-state index contributed by atoms with van der Waals surface area (Å²) >= 11 is 0. The lowest BCUT2D eigenvalue weighted by Crippen LogP contribution is -2.24. The molecule has 0 saturated carbocycles. The maximum atomic E-state index is 12.4. The summed E-state index contributed by atoms with van der Waals surface area (Å²) in [5.74, 6) is -0.737. The molecular formula is C21H23F3N6O3. The van der Waals surface area contributed by atoms with Crippen molar-refractivity contribution >= 4 is 17.5 Å². The van der Waals surface area contributed by atoms with Gasteiger partial charge in [0.05, 0.1) is 37.2 Å². The molecule has 3 aromatic heterocycles. The largest absolute Gasteiger partial charge is 0.475 e. The van der Waals surface area contributed by atoms with Gasteiger partial charge >= 0.3 is 6.18 Å². The van der Waals surface area contributed by atoms with Gasteiger partial charge in [0.25, 0.3) is 5.91 Å². The van der Waals surface area contributed by atoms with Crippen molar-refractivity contribution in [3.8, 4) is 5.88 Å². The van der Waals surface area contributed by atoms with Crippen LogP contribution in [0.2, 0.25) is 0 Å². The first-order chi connectivity index (χ1) is 15.6. The summed E-state index contributed by atoms with van der Waals surface area (Å²) in [6.07, 6.45) is -3.14. The van der Waals surface area contributed by atoms with E-state index in [-0.39, 0.29) is 24.9 Å². The smallest absolute Gasteiger partial charge is 0.389 e. The fourth-order valence-corrected chi connectivity index (χ4v) is 2.80. The van der Waals surface area contributed by atoms with Crippen LogP contribution in [0.4, 0.5) is 13.2 Å². The molecule has 2 amide bonds. The van der Waals surface area contributed by atoms with Crippen LogP contribution in [0.15, 0.2) is 36.7 Å². The van der Waals surface area contributed by atoms with E-state index in [1.54, 1.807) is 30.5 Å². The molecule has 0 bridgehead atoms. The Morgan fingerprint density at radius 2 is 1.94 bits per heavy atom.